The highest BCUT2D eigenvalue weighted by atomic mass is 35.5. The molecular formula is C26H34ClN3O3S. The van der Waals surface area contributed by atoms with Crippen LogP contribution in [0.4, 0.5) is 0 Å². The number of nitrogens with zero attached hydrogens (tertiary/aromatic N) is 2. The SMILES string of the molecule is O=C(NCc1ccc(CN2CCCCC2)cc1)c1ccc(Cl)c(S(=O)(=O)N2CCCCCC2)c1. The summed E-state index contributed by atoms with van der Waals surface area (Å²) in [5.41, 5.74) is 2.57. The van der Waals surface area contributed by atoms with Gasteiger partial charge in [0.25, 0.3) is 5.91 Å². The van der Waals surface area contributed by atoms with Gasteiger partial charge in [-0.2, -0.15) is 4.31 Å². The summed E-state index contributed by atoms with van der Waals surface area (Å²) >= 11 is 6.26. The van der Waals surface area contributed by atoms with Crippen LogP contribution >= 0.6 is 11.6 Å². The lowest BCUT2D eigenvalue weighted by molar-refractivity contribution is 0.0950. The molecule has 2 aliphatic rings. The van der Waals surface area contributed by atoms with Crippen molar-refractivity contribution in [3.8, 4) is 0 Å². The third-order valence-corrected chi connectivity index (χ3v) is 9.09. The molecule has 0 bridgehead atoms. The van der Waals surface area contributed by atoms with Crippen LogP contribution in [0.15, 0.2) is 47.4 Å². The summed E-state index contributed by atoms with van der Waals surface area (Å²) in [5.74, 6) is -0.318. The molecule has 8 heteroatoms. The van der Waals surface area contributed by atoms with Gasteiger partial charge >= 0.3 is 0 Å². The van der Waals surface area contributed by atoms with Gasteiger partial charge < -0.3 is 5.32 Å². The van der Waals surface area contributed by atoms with Crippen LogP contribution in [0.2, 0.25) is 5.02 Å². The second kappa shape index (κ2) is 11.7. The van der Waals surface area contributed by atoms with Crippen molar-refractivity contribution in [2.75, 3.05) is 26.2 Å². The fraction of sp³-hybridized carbons (Fsp3) is 0.500. The minimum atomic E-state index is -3.74. The Morgan fingerprint density at radius 3 is 2.09 bits per heavy atom. The highest BCUT2D eigenvalue weighted by Gasteiger charge is 2.28. The first-order chi connectivity index (χ1) is 16.4. The number of halogens is 1. The molecule has 0 saturated carbocycles. The number of carbonyl (C=O) groups excluding carboxylic acids is 1. The zero-order chi connectivity index (χ0) is 24.0. The number of likely N-dealkylation sites (tertiary alicyclic amines) is 1. The Balaban J connectivity index is 1.38. The number of piperidine rings is 1. The van der Waals surface area contributed by atoms with Crippen LogP contribution in [-0.4, -0.2) is 49.7 Å². The Morgan fingerprint density at radius 2 is 1.41 bits per heavy atom. The maximum Gasteiger partial charge on any atom is 0.251 e. The maximum absolute atomic E-state index is 13.2. The van der Waals surface area contributed by atoms with E-state index in [1.807, 2.05) is 12.1 Å². The lowest BCUT2D eigenvalue weighted by Crippen LogP contribution is -2.32. The van der Waals surface area contributed by atoms with Crippen LogP contribution in [0, 0.1) is 0 Å². The zero-order valence-corrected chi connectivity index (χ0v) is 21.2. The van der Waals surface area contributed by atoms with Gasteiger partial charge in [0.2, 0.25) is 10.0 Å². The van der Waals surface area contributed by atoms with Crippen LogP contribution in [0.3, 0.4) is 0 Å². The Hall–Kier alpha value is -1.93. The fourth-order valence-electron chi connectivity index (χ4n) is 4.69. The van der Waals surface area contributed by atoms with Crippen molar-refractivity contribution in [1.29, 1.82) is 0 Å². The van der Waals surface area contributed by atoms with Crippen molar-refractivity contribution < 1.29 is 13.2 Å². The van der Waals surface area contributed by atoms with Gasteiger partial charge in [0.1, 0.15) is 4.90 Å². The highest BCUT2D eigenvalue weighted by molar-refractivity contribution is 7.89. The average molecular weight is 504 g/mol. The largest absolute Gasteiger partial charge is 0.348 e. The smallest absolute Gasteiger partial charge is 0.251 e. The summed E-state index contributed by atoms with van der Waals surface area (Å²) in [7, 11) is -3.74. The molecule has 4 rings (SSSR count). The minimum absolute atomic E-state index is 0.00535. The van der Waals surface area contributed by atoms with Crippen LogP contribution < -0.4 is 5.32 Å². The van der Waals surface area contributed by atoms with E-state index < -0.39 is 10.0 Å². The zero-order valence-electron chi connectivity index (χ0n) is 19.6. The van der Waals surface area contributed by atoms with Crippen LogP contribution in [0.5, 0.6) is 0 Å². The molecule has 2 saturated heterocycles. The van der Waals surface area contributed by atoms with E-state index in [1.165, 1.54) is 41.3 Å². The van der Waals surface area contributed by atoms with E-state index in [1.54, 1.807) is 6.07 Å². The quantitative estimate of drug-likeness (QED) is 0.588. The first kappa shape index (κ1) is 25.2. The fourth-order valence-corrected chi connectivity index (χ4v) is 6.70. The average Bonchev–Trinajstić information content (AvgIpc) is 3.15. The molecule has 2 fully saturated rings. The number of hydrogen-bond acceptors (Lipinski definition) is 4. The summed E-state index contributed by atoms with van der Waals surface area (Å²) in [4.78, 5) is 15.3. The second-order valence-electron chi connectivity index (χ2n) is 9.30. The highest BCUT2D eigenvalue weighted by Crippen LogP contribution is 2.27. The molecule has 0 unspecified atom stereocenters. The van der Waals surface area contributed by atoms with Gasteiger partial charge in [0.05, 0.1) is 5.02 Å². The molecule has 184 valence electrons. The predicted octanol–water partition coefficient (Wildman–Crippen LogP) is 4.82. The predicted molar refractivity (Wildman–Crippen MR) is 135 cm³/mol. The molecule has 2 aromatic rings. The summed E-state index contributed by atoms with van der Waals surface area (Å²) in [6.07, 6.45) is 7.62. The van der Waals surface area contributed by atoms with Crippen LogP contribution in [-0.2, 0) is 23.1 Å². The van der Waals surface area contributed by atoms with Gasteiger partial charge in [0, 0.05) is 31.7 Å². The lowest BCUT2D eigenvalue weighted by atomic mass is 10.1. The molecule has 0 spiro atoms. The number of benzene rings is 2. The molecule has 0 aliphatic carbocycles. The van der Waals surface area contributed by atoms with Crippen molar-refractivity contribution in [2.24, 2.45) is 0 Å². The number of sulfonamides is 1. The molecule has 2 aliphatic heterocycles. The normalized spacial score (nSPS) is 18.4. The Morgan fingerprint density at radius 1 is 0.824 bits per heavy atom. The molecule has 2 aromatic carbocycles. The van der Waals surface area contributed by atoms with Crippen molar-refractivity contribution in [3.05, 3.63) is 64.2 Å². The monoisotopic (exact) mass is 503 g/mol. The Labute approximate surface area is 208 Å². The topological polar surface area (TPSA) is 69.7 Å². The lowest BCUT2D eigenvalue weighted by Gasteiger charge is -2.26. The van der Waals surface area contributed by atoms with Gasteiger partial charge in [-0.1, -0.05) is 55.1 Å². The van der Waals surface area contributed by atoms with Crippen LogP contribution in [0.1, 0.15) is 66.4 Å². The van der Waals surface area contributed by atoms with Gasteiger partial charge in [-0.15, -0.1) is 0 Å². The van der Waals surface area contributed by atoms with Crippen molar-refractivity contribution >= 4 is 27.5 Å². The van der Waals surface area contributed by atoms with Gasteiger partial charge in [0.15, 0.2) is 0 Å². The van der Waals surface area contributed by atoms with Gasteiger partial charge in [-0.25, -0.2) is 8.42 Å². The van der Waals surface area contributed by atoms with E-state index in [4.69, 9.17) is 11.6 Å². The molecule has 1 N–H and O–H groups in total. The molecule has 34 heavy (non-hydrogen) atoms. The van der Waals surface area contributed by atoms with E-state index in [0.29, 0.717) is 25.2 Å². The van der Waals surface area contributed by atoms with Gasteiger partial charge in [-0.05, 0) is 68.1 Å². The number of hydrogen-bond donors (Lipinski definition) is 1. The summed E-state index contributed by atoms with van der Waals surface area (Å²) in [5, 5.41) is 3.05. The van der Waals surface area contributed by atoms with Crippen molar-refractivity contribution in [3.63, 3.8) is 0 Å². The van der Waals surface area contributed by atoms with E-state index in [9.17, 15) is 13.2 Å². The molecular weight excluding hydrogens is 470 g/mol. The number of carbonyl (C=O) groups is 1. The molecule has 0 aromatic heterocycles. The number of amides is 1. The van der Waals surface area contributed by atoms with E-state index in [-0.39, 0.29) is 15.8 Å². The summed E-state index contributed by atoms with van der Waals surface area (Å²) in [6.45, 7) is 4.64. The molecule has 2 heterocycles. The Bertz CT molecular complexity index is 1070. The second-order valence-corrected chi connectivity index (χ2v) is 11.6. The first-order valence-electron chi connectivity index (χ1n) is 12.3. The molecule has 1 amide bonds. The standard InChI is InChI=1S/C26H34ClN3O3S/c27-24-13-12-23(18-25(24)34(32,33)30-16-6-1-2-7-17-30)26(31)28-19-21-8-10-22(11-9-21)20-29-14-4-3-5-15-29/h8-13,18H,1-7,14-17,19-20H2,(H,28,31). The minimum Gasteiger partial charge on any atom is -0.348 e. The first-order valence-corrected chi connectivity index (χ1v) is 14.1. The molecule has 6 nitrogen and oxygen atoms in total. The maximum atomic E-state index is 13.2. The van der Waals surface area contributed by atoms with E-state index in [2.05, 4.69) is 22.3 Å². The number of rotatable bonds is 7. The van der Waals surface area contributed by atoms with Crippen molar-refractivity contribution in [1.82, 2.24) is 14.5 Å². The molecule has 0 radical (unpaired) electrons. The van der Waals surface area contributed by atoms with E-state index in [0.717, 1.165) is 50.9 Å². The number of nitrogens with one attached hydrogen (secondary N) is 1. The van der Waals surface area contributed by atoms with E-state index >= 15 is 0 Å². The van der Waals surface area contributed by atoms with Gasteiger partial charge in [-0.3, -0.25) is 9.69 Å². The summed E-state index contributed by atoms with van der Waals surface area (Å²) in [6, 6.07) is 12.8. The Kier molecular flexibility index (Phi) is 8.64. The van der Waals surface area contributed by atoms with Crippen molar-refractivity contribution in [2.45, 2.75) is 62.9 Å². The third kappa shape index (κ3) is 6.39. The summed E-state index contributed by atoms with van der Waals surface area (Å²) < 4.78 is 27.9. The van der Waals surface area contributed by atoms with Crippen LogP contribution in [0.25, 0.3) is 0 Å². The third-order valence-electron chi connectivity index (χ3n) is 6.71. The molecule has 0 atom stereocenters.